The molecule has 1 saturated heterocycles. The summed E-state index contributed by atoms with van der Waals surface area (Å²) in [5.41, 5.74) is 1.52. The number of nitro groups is 1. The first-order valence-corrected chi connectivity index (χ1v) is 11.2. The van der Waals surface area contributed by atoms with Gasteiger partial charge in [-0.3, -0.25) is 30.0 Å². The Kier molecular flexibility index (Phi) is 8.67. The molecule has 1 aromatic carbocycles. The summed E-state index contributed by atoms with van der Waals surface area (Å²) in [4.78, 5) is 40.1. The third kappa shape index (κ3) is 6.15. The number of nitrogens with zero attached hydrogens (tertiary/aromatic N) is 2. The second-order valence-electron chi connectivity index (χ2n) is 8.70. The van der Waals surface area contributed by atoms with Crippen LogP contribution >= 0.6 is 0 Å². The molecular weight excluding hydrogens is 440 g/mol. The van der Waals surface area contributed by atoms with Crippen LogP contribution in [0.1, 0.15) is 37.4 Å². The van der Waals surface area contributed by atoms with Gasteiger partial charge in [0.25, 0.3) is 0 Å². The lowest BCUT2D eigenvalue weighted by Gasteiger charge is -2.31. The summed E-state index contributed by atoms with van der Waals surface area (Å²) in [7, 11) is 0. The van der Waals surface area contributed by atoms with E-state index in [2.05, 4.69) is 15.6 Å². The van der Waals surface area contributed by atoms with Crippen LogP contribution in [0.4, 0.5) is 0 Å². The van der Waals surface area contributed by atoms with E-state index in [1.165, 1.54) is 0 Å². The number of carboxylic acids is 1. The van der Waals surface area contributed by atoms with Gasteiger partial charge in [0.15, 0.2) is 0 Å². The molecule has 3 rings (SSSR count). The van der Waals surface area contributed by atoms with E-state index in [0.717, 1.165) is 5.56 Å². The van der Waals surface area contributed by atoms with Gasteiger partial charge in [0.05, 0.1) is 31.1 Å². The maximum atomic E-state index is 13.1. The number of ether oxygens (including phenoxy) is 1. The fraction of sp³-hybridized carbons (Fsp3) is 0.458. The molecule has 1 fully saturated rings. The zero-order chi connectivity index (χ0) is 24.7. The minimum absolute atomic E-state index is 0.0724. The monoisotopic (exact) mass is 470 g/mol. The highest BCUT2D eigenvalue weighted by Crippen LogP contribution is 2.39. The van der Waals surface area contributed by atoms with Gasteiger partial charge in [-0.25, -0.2) is 0 Å². The summed E-state index contributed by atoms with van der Waals surface area (Å²) in [6.07, 6.45) is 2.27. The molecule has 2 aromatic rings. The number of carbonyl (C=O) groups is 2. The van der Waals surface area contributed by atoms with Crippen molar-refractivity contribution in [3.63, 3.8) is 0 Å². The Labute approximate surface area is 197 Å². The highest BCUT2D eigenvalue weighted by Gasteiger charge is 2.57. The molecule has 10 nitrogen and oxygen atoms in total. The van der Waals surface area contributed by atoms with E-state index in [1.807, 2.05) is 44.2 Å². The van der Waals surface area contributed by atoms with Crippen molar-refractivity contribution in [3.8, 4) is 0 Å². The van der Waals surface area contributed by atoms with Gasteiger partial charge in [0.2, 0.25) is 11.9 Å². The van der Waals surface area contributed by atoms with Crippen molar-refractivity contribution in [3.05, 3.63) is 76.1 Å². The predicted octanol–water partition coefficient (Wildman–Crippen LogP) is 2.19. The van der Waals surface area contributed by atoms with Gasteiger partial charge < -0.3 is 15.2 Å². The number of nitrogens with one attached hydrogen (secondary N) is 2. The number of hydrogen-bond acceptors (Lipinski definition) is 7. The lowest BCUT2D eigenvalue weighted by Crippen LogP contribution is -2.51. The minimum atomic E-state index is -1.15. The summed E-state index contributed by atoms with van der Waals surface area (Å²) >= 11 is 0. The number of carbonyl (C=O) groups excluding carboxylic acids is 1. The number of carboxylic acid groups (broad SMARTS) is 1. The highest BCUT2D eigenvalue weighted by molar-refractivity contribution is 5.83. The van der Waals surface area contributed by atoms with E-state index in [4.69, 9.17) is 9.84 Å². The lowest BCUT2D eigenvalue weighted by molar-refractivity contribution is -0.535. The van der Waals surface area contributed by atoms with Gasteiger partial charge in [-0.1, -0.05) is 50.2 Å². The maximum absolute atomic E-state index is 13.1. The number of amides is 1. The average molecular weight is 471 g/mol. The molecule has 3 N–H and O–H groups in total. The smallest absolute Gasteiger partial charge is 0.305 e. The number of benzene rings is 1. The predicted molar refractivity (Wildman–Crippen MR) is 123 cm³/mol. The standard InChI is InChI=1S/C24H30N4O6/c1-15(2)23(34-14-16-7-4-3-5-8-16)19-21(24(31)26-12-10-18(29)30)27-20(22(19)28(32)33)17-9-6-11-25-13-17/h3-9,11,13,15,19-23,27H,10,12,14H2,1-2H3,(H,26,31)(H,29,30)/t19-,20+,21+,22+,23?/m1/s1. The Bertz CT molecular complexity index is 972. The largest absolute Gasteiger partial charge is 0.481 e. The van der Waals surface area contributed by atoms with E-state index < -0.39 is 42.0 Å². The average Bonchev–Trinajstić information content (AvgIpc) is 3.21. The first-order valence-electron chi connectivity index (χ1n) is 11.2. The normalized spacial score (nSPS) is 22.9. The van der Waals surface area contributed by atoms with Crippen LogP contribution < -0.4 is 10.6 Å². The molecule has 1 amide bonds. The van der Waals surface area contributed by atoms with Gasteiger partial charge in [0.1, 0.15) is 6.04 Å². The molecule has 0 radical (unpaired) electrons. The lowest BCUT2D eigenvalue weighted by atomic mass is 9.82. The fourth-order valence-corrected chi connectivity index (χ4v) is 4.49. The molecule has 1 aliphatic heterocycles. The number of rotatable bonds is 11. The summed E-state index contributed by atoms with van der Waals surface area (Å²) < 4.78 is 6.23. The molecule has 2 heterocycles. The van der Waals surface area contributed by atoms with Crippen molar-refractivity contribution in [1.29, 1.82) is 0 Å². The molecule has 10 heteroatoms. The molecule has 34 heavy (non-hydrogen) atoms. The summed E-state index contributed by atoms with van der Waals surface area (Å²) in [6.45, 7) is 3.99. The van der Waals surface area contributed by atoms with Crippen molar-refractivity contribution in [2.75, 3.05) is 6.54 Å². The number of pyridine rings is 1. The van der Waals surface area contributed by atoms with Crippen molar-refractivity contribution >= 4 is 11.9 Å². The molecule has 0 saturated carbocycles. The van der Waals surface area contributed by atoms with E-state index in [9.17, 15) is 19.7 Å². The topological polar surface area (TPSA) is 144 Å². The molecule has 5 atom stereocenters. The van der Waals surface area contributed by atoms with Crippen LogP contribution in [0.15, 0.2) is 54.9 Å². The fourth-order valence-electron chi connectivity index (χ4n) is 4.49. The van der Waals surface area contributed by atoms with E-state index in [-0.39, 0.29) is 30.4 Å². The molecule has 1 aromatic heterocycles. The molecule has 182 valence electrons. The molecule has 0 aliphatic carbocycles. The Morgan fingerprint density at radius 1 is 1.24 bits per heavy atom. The second kappa shape index (κ2) is 11.7. The van der Waals surface area contributed by atoms with Crippen LogP contribution in [0, 0.1) is 22.0 Å². The van der Waals surface area contributed by atoms with Crippen molar-refractivity contribution < 1.29 is 24.4 Å². The van der Waals surface area contributed by atoms with Crippen LogP contribution in [0.3, 0.4) is 0 Å². The number of aliphatic carboxylic acids is 1. The maximum Gasteiger partial charge on any atom is 0.305 e. The first kappa shape index (κ1) is 25.3. The second-order valence-corrected chi connectivity index (χ2v) is 8.70. The Balaban J connectivity index is 1.93. The molecule has 1 unspecified atom stereocenters. The van der Waals surface area contributed by atoms with E-state index in [0.29, 0.717) is 5.56 Å². The van der Waals surface area contributed by atoms with Gasteiger partial charge in [-0.2, -0.15) is 0 Å². The van der Waals surface area contributed by atoms with E-state index >= 15 is 0 Å². The van der Waals surface area contributed by atoms with Crippen LogP contribution in [0.25, 0.3) is 0 Å². The summed E-state index contributed by atoms with van der Waals surface area (Å²) in [5, 5.41) is 27.0. The van der Waals surface area contributed by atoms with Gasteiger partial charge >= 0.3 is 5.97 Å². The van der Waals surface area contributed by atoms with Crippen molar-refractivity contribution in [2.24, 2.45) is 11.8 Å². The first-order chi connectivity index (χ1) is 16.3. The third-order valence-corrected chi connectivity index (χ3v) is 6.01. The van der Waals surface area contributed by atoms with Gasteiger partial charge in [-0.15, -0.1) is 0 Å². The highest BCUT2D eigenvalue weighted by atomic mass is 16.6. The molecule has 0 spiro atoms. The van der Waals surface area contributed by atoms with Crippen molar-refractivity contribution in [2.45, 2.75) is 51.1 Å². The SMILES string of the molecule is CC(C)C(OCc1ccccc1)[C@H]1[C@H]([N+](=O)[O-])[C@H](c2cccnc2)N[C@@H]1C(=O)NCCC(=O)O. The minimum Gasteiger partial charge on any atom is -0.481 e. The Morgan fingerprint density at radius 2 is 1.97 bits per heavy atom. The zero-order valence-corrected chi connectivity index (χ0v) is 19.2. The van der Waals surface area contributed by atoms with Crippen molar-refractivity contribution in [1.82, 2.24) is 15.6 Å². The number of hydrogen-bond donors (Lipinski definition) is 3. The zero-order valence-electron chi connectivity index (χ0n) is 19.2. The van der Waals surface area contributed by atoms with Crippen LogP contribution in [-0.2, 0) is 20.9 Å². The summed E-state index contributed by atoms with van der Waals surface area (Å²) in [6, 6.07) is 10.0. The summed E-state index contributed by atoms with van der Waals surface area (Å²) in [5.74, 6) is -2.45. The quantitative estimate of drug-likeness (QED) is 0.335. The van der Waals surface area contributed by atoms with Gasteiger partial charge in [0, 0.05) is 23.9 Å². The van der Waals surface area contributed by atoms with Crippen LogP contribution in [0.2, 0.25) is 0 Å². The van der Waals surface area contributed by atoms with Gasteiger partial charge in [-0.05, 0) is 23.1 Å². The van der Waals surface area contributed by atoms with Crippen LogP contribution in [0.5, 0.6) is 0 Å². The number of aromatic nitrogens is 1. The molecular formula is C24H30N4O6. The molecule has 0 bridgehead atoms. The third-order valence-electron chi connectivity index (χ3n) is 6.01. The molecule has 1 aliphatic rings. The van der Waals surface area contributed by atoms with E-state index in [1.54, 1.807) is 24.5 Å². The Hall–Kier alpha value is -3.37. The Morgan fingerprint density at radius 3 is 2.56 bits per heavy atom. The van der Waals surface area contributed by atoms with Crippen LogP contribution in [-0.4, -0.2) is 51.6 Å².